The van der Waals surface area contributed by atoms with Crippen LogP contribution in [0.3, 0.4) is 0 Å². The van der Waals surface area contributed by atoms with Gasteiger partial charge < -0.3 is 0 Å². The van der Waals surface area contributed by atoms with Crippen LogP contribution in [0.25, 0.3) is 0 Å². The van der Waals surface area contributed by atoms with E-state index in [2.05, 4.69) is 4.99 Å². The fraction of sp³-hybridized carbons (Fsp3) is 0.273. The van der Waals surface area contributed by atoms with Crippen molar-refractivity contribution >= 4 is 17.4 Å². The third kappa shape index (κ3) is 2.01. The van der Waals surface area contributed by atoms with Gasteiger partial charge in [-0.3, -0.25) is 24.8 Å². The van der Waals surface area contributed by atoms with E-state index in [0.29, 0.717) is 18.9 Å². The molecule has 0 saturated heterocycles. The second-order valence-corrected chi connectivity index (χ2v) is 3.66. The molecule has 6 nitrogen and oxygen atoms in total. The molecule has 0 N–H and O–H groups in total. The molecule has 0 spiro atoms. The molecule has 6 heteroatoms. The number of benzene rings is 1. The number of hydrogen-bond acceptors (Lipinski definition) is 4. The highest BCUT2D eigenvalue weighted by molar-refractivity contribution is 6.08. The lowest BCUT2D eigenvalue weighted by molar-refractivity contribution is -0.385. The first-order chi connectivity index (χ1) is 8.11. The van der Waals surface area contributed by atoms with Crippen molar-refractivity contribution in [1.82, 2.24) is 4.90 Å². The van der Waals surface area contributed by atoms with Gasteiger partial charge in [-0.15, -0.1) is 0 Å². The minimum Gasteiger partial charge on any atom is -0.295 e. The summed E-state index contributed by atoms with van der Waals surface area (Å²) in [5.41, 5.74) is -0.0637. The van der Waals surface area contributed by atoms with Gasteiger partial charge in [-0.05, 0) is 13.0 Å². The van der Waals surface area contributed by atoms with Gasteiger partial charge >= 0.3 is 0 Å². The predicted octanol–water partition coefficient (Wildman–Crippen LogP) is 1.47. The highest BCUT2D eigenvalue weighted by Gasteiger charge is 2.27. The summed E-state index contributed by atoms with van der Waals surface area (Å²) in [4.78, 5) is 28.0. The van der Waals surface area contributed by atoms with E-state index in [4.69, 9.17) is 0 Å². The maximum atomic E-state index is 12.1. The molecule has 0 aromatic heterocycles. The summed E-state index contributed by atoms with van der Waals surface area (Å²) >= 11 is 0. The average molecular weight is 233 g/mol. The predicted molar refractivity (Wildman–Crippen MR) is 62.1 cm³/mol. The molecule has 1 aliphatic heterocycles. The molecular weight excluding hydrogens is 222 g/mol. The van der Waals surface area contributed by atoms with Crippen LogP contribution in [-0.2, 0) is 0 Å². The minimum atomic E-state index is -0.546. The maximum Gasteiger partial charge on any atom is 0.282 e. The topological polar surface area (TPSA) is 75.8 Å². The van der Waals surface area contributed by atoms with Crippen LogP contribution >= 0.6 is 0 Å². The lowest BCUT2D eigenvalue weighted by Crippen LogP contribution is -2.33. The molecule has 1 aromatic rings. The summed E-state index contributed by atoms with van der Waals surface area (Å²) in [5, 5.41) is 10.8. The van der Waals surface area contributed by atoms with Crippen molar-refractivity contribution in [2.45, 2.75) is 6.92 Å². The number of carbonyl (C=O) groups excluding carboxylic acids is 1. The number of para-hydroxylation sites is 1. The van der Waals surface area contributed by atoms with Crippen molar-refractivity contribution in [2.75, 3.05) is 13.1 Å². The van der Waals surface area contributed by atoms with Crippen molar-refractivity contribution in [3.63, 3.8) is 0 Å². The molecule has 0 saturated carbocycles. The zero-order valence-electron chi connectivity index (χ0n) is 9.29. The highest BCUT2D eigenvalue weighted by atomic mass is 16.6. The molecule has 0 atom stereocenters. The number of aliphatic imine (C=N–C) groups is 1. The van der Waals surface area contributed by atoms with Gasteiger partial charge in [-0.25, -0.2) is 0 Å². The lowest BCUT2D eigenvalue weighted by Gasteiger charge is -2.15. The number of carbonyl (C=O) groups is 1. The van der Waals surface area contributed by atoms with Gasteiger partial charge in [0, 0.05) is 12.6 Å². The third-order valence-electron chi connectivity index (χ3n) is 2.63. The molecule has 0 bridgehead atoms. The van der Waals surface area contributed by atoms with E-state index in [1.54, 1.807) is 19.1 Å². The third-order valence-corrected chi connectivity index (χ3v) is 2.63. The summed E-state index contributed by atoms with van der Waals surface area (Å²) in [7, 11) is 0. The summed E-state index contributed by atoms with van der Waals surface area (Å²) in [6.45, 7) is 2.76. The van der Waals surface area contributed by atoms with Crippen LogP contribution in [0.5, 0.6) is 0 Å². The average Bonchev–Trinajstić information content (AvgIpc) is 2.74. The van der Waals surface area contributed by atoms with Gasteiger partial charge in [-0.1, -0.05) is 12.1 Å². The van der Waals surface area contributed by atoms with E-state index in [0.717, 1.165) is 0 Å². The number of amides is 1. The molecule has 1 aliphatic rings. The van der Waals surface area contributed by atoms with Crippen molar-refractivity contribution < 1.29 is 9.72 Å². The first kappa shape index (κ1) is 11.3. The van der Waals surface area contributed by atoms with Crippen LogP contribution in [0.2, 0.25) is 0 Å². The Kier molecular flexibility index (Phi) is 2.86. The van der Waals surface area contributed by atoms with E-state index in [1.165, 1.54) is 17.0 Å². The van der Waals surface area contributed by atoms with Crippen molar-refractivity contribution in [2.24, 2.45) is 4.99 Å². The first-order valence-corrected chi connectivity index (χ1v) is 5.17. The quantitative estimate of drug-likeness (QED) is 0.573. The molecule has 88 valence electrons. The van der Waals surface area contributed by atoms with E-state index in [9.17, 15) is 14.9 Å². The Morgan fingerprint density at radius 2 is 2.18 bits per heavy atom. The molecule has 1 amide bonds. The molecule has 17 heavy (non-hydrogen) atoms. The van der Waals surface area contributed by atoms with Crippen LogP contribution in [0.1, 0.15) is 17.3 Å². The zero-order valence-corrected chi connectivity index (χ0v) is 9.29. The van der Waals surface area contributed by atoms with Crippen LogP contribution in [0.15, 0.2) is 29.3 Å². The molecule has 0 fully saturated rings. The molecular formula is C11H11N3O3. The Morgan fingerprint density at radius 1 is 1.47 bits per heavy atom. The Labute approximate surface area is 97.7 Å². The van der Waals surface area contributed by atoms with Crippen LogP contribution in [0.4, 0.5) is 5.69 Å². The summed E-state index contributed by atoms with van der Waals surface area (Å²) in [5.74, 6) is 0.240. The number of rotatable bonds is 2. The maximum absolute atomic E-state index is 12.1. The number of amidine groups is 1. The molecule has 0 aliphatic carbocycles. The van der Waals surface area contributed by atoms with Gasteiger partial charge in [0.15, 0.2) is 0 Å². The second-order valence-electron chi connectivity index (χ2n) is 3.66. The summed E-state index contributed by atoms with van der Waals surface area (Å²) in [6.07, 6.45) is 0. The largest absolute Gasteiger partial charge is 0.295 e. The SMILES string of the molecule is CC1=NCCN1C(=O)c1ccccc1[N+](=O)[O-]. The van der Waals surface area contributed by atoms with E-state index in [-0.39, 0.29) is 17.2 Å². The van der Waals surface area contributed by atoms with Gasteiger partial charge in [-0.2, -0.15) is 0 Å². The van der Waals surface area contributed by atoms with E-state index in [1.807, 2.05) is 0 Å². The Bertz CT molecular complexity index is 510. The minimum absolute atomic E-state index is 0.106. The summed E-state index contributed by atoms with van der Waals surface area (Å²) in [6, 6.07) is 5.95. The van der Waals surface area contributed by atoms with E-state index >= 15 is 0 Å². The van der Waals surface area contributed by atoms with Gasteiger partial charge in [0.2, 0.25) is 0 Å². The number of nitro groups is 1. The smallest absolute Gasteiger partial charge is 0.282 e. The number of nitrogens with zero attached hydrogens (tertiary/aromatic N) is 3. The standard InChI is InChI=1S/C11H11N3O3/c1-8-12-6-7-13(8)11(15)9-4-2-3-5-10(9)14(16)17/h2-5H,6-7H2,1H3. The molecule has 2 rings (SSSR count). The van der Waals surface area contributed by atoms with Gasteiger partial charge in [0.05, 0.1) is 11.5 Å². The number of nitro benzene ring substituents is 1. The van der Waals surface area contributed by atoms with Gasteiger partial charge in [0.25, 0.3) is 11.6 Å². The highest BCUT2D eigenvalue weighted by Crippen LogP contribution is 2.20. The lowest BCUT2D eigenvalue weighted by atomic mass is 10.1. The number of hydrogen-bond donors (Lipinski definition) is 0. The Hall–Kier alpha value is -2.24. The van der Waals surface area contributed by atoms with Gasteiger partial charge in [0.1, 0.15) is 11.4 Å². The van der Waals surface area contributed by atoms with E-state index < -0.39 is 4.92 Å². The van der Waals surface area contributed by atoms with Crippen molar-refractivity contribution in [3.8, 4) is 0 Å². The fourth-order valence-corrected chi connectivity index (χ4v) is 1.77. The summed E-state index contributed by atoms with van der Waals surface area (Å²) < 4.78 is 0. The van der Waals surface area contributed by atoms with Crippen LogP contribution in [0, 0.1) is 10.1 Å². The van der Waals surface area contributed by atoms with Crippen LogP contribution < -0.4 is 0 Å². The fourth-order valence-electron chi connectivity index (χ4n) is 1.77. The zero-order chi connectivity index (χ0) is 12.4. The molecule has 1 heterocycles. The molecule has 0 radical (unpaired) electrons. The van der Waals surface area contributed by atoms with Crippen LogP contribution in [-0.4, -0.2) is 34.7 Å². The Balaban J connectivity index is 2.37. The first-order valence-electron chi connectivity index (χ1n) is 5.17. The molecule has 0 unspecified atom stereocenters. The normalized spacial score (nSPS) is 14.6. The van der Waals surface area contributed by atoms with Crippen molar-refractivity contribution in [3.05, 3.63) is 39.9 Å². The monoisotopic (exact) mass is 233 g/mol. The van der Waals surface area contributed by atoms with Crippen molar-refractivity contribution in [1.29, 1.82) is 0 Å². The molecule has 1 aromatic carbocycles. The second kappa shape index (κ2) is 4.32. The Morgan fingerprint density at radius 3 is 2.76 bits per heavy atom.